The Hall–Kier alpha value is -2.69. The van der Waals surface area contributed by atoms with E-state index >= 15 is 0 Å². The number of nitrogens with zero attached hydrogens (tertiary/aromatic N) is 3. The van der Waals surface area contributed by atoms with Crippen molar-refractivity contribution in [1.82, 2.24) is 15.3 Å². The molecule has 130 valence electrons. The predicted octanol–water partition coefficient (Wildman–Crippen LogP) is 1.26. The monoisotopic (exact) mass is 333 g/mol. The van der Waals surface area contributed by atoms with Crippen LogP contribution < -0.4 is 10.6 Å². The lowest BCUT2D eigenvalue weighted by molar-refractivity contribution is -0.155. The van der Waals surface area contributed by atoms with Crippen LogP contribution in [0.3, 0.4) is 0 Å². The standard InChI is InChI=1S/C16H23N5O3/c1-11(2)16(4,10-17)21-14(23)12(3)24-13(22)6-9-20-15-18-7-5-8-19-15/h5,7-8,11-12H,6,9H2,1-4H3,(H,21,23)(H,18,19,20). The van der Waals surface area contributed by atoms with Gasteiger partial charge in [-0.3, -0.25) is 9.59 Å². The molecule has 8 nitrogen and oxygen atoms in total. The van der Waals surface area contributed by atoms with Gasteiger partial charge in [0, 0.05) is 18.9 Å². The van der Waals surface area contributed by atoms with Gasteiger partial charge >= 0.3 is 5.97 Å². The van der Waals surface area contributed by atoms with Crippen molar-refractivity contribution in [3.63, 3.8) is 0 Å². The molecule has 0 aliphatic heterocycles. The fourth-order valence-corrected chi connectivity index (χ4v) is 1.64. The second kappa shape index (κ2) is 8.82. The molecule has 0 radical (unpaired) electrons. The van der Waals surface area contributed by atoms with Gasteiger partial charge in [-0.05, 0) is 25.8 Å². The van der Waals surface area contributed by atoms with Gasteiger partial charge in [0.25, 0.3) is 5.91 Å². The summed E-state index contributed by atoms with van der Waals surface area (Å²) in [6.45, 7) is 7.06. The van der Waals surface area contributed by atoms with Crippen LogP contribution in [0.25, 0.3) is 0 Å². The molecule has 0 aromatic carbocycles. The summed E-state index contributed by atoms with van der Waals surface area (Å²) in [5.41, 5.74) is -1.01. The normalized spacial score (nSPS) is 14.2. The second-order valence-corrected chi connectivity index (χ2v) is 5.84. The summed E-state index contributed by atoms with van der Waals surface area (Å²) in [6, 6.07) is 3.76. The number of hydrogen-bond donors (Lipinski definition) is 2. The Bertz CT molecular complexity index is 599. The minimum Gasteiger partial charge on any atom is -0.452 e. The maximum absolute atomic E-state index is 12.1. The smallest absolute Gasteiger partial charge is 0.308 e. The fourth-order valence-electron chi connectivity index (χ4n) is 1.64. The largest absolute Gasteiger partial charge is 0.452 e. The molecule has 1 heterocycles. The SMILES string of the molecule is CC(OC(=O)CCNc1ncccn1)C(=O)NC(C)(C#N)C(C)C. The molecule has 0 aliphatic rings. The van der Waals surface area contributed by atoms with Crippen molar-refractivity contribution in [2.45, 2.75) is 45.8 Å². The lowest BCUT2D eigenvalue weighted by Crippen LogP contribution is -2.52. The van der Waals surface area contributed by atoms with Gasteiger partial charge in [0.2, 0.25) is 5.95 Å². The van der Waals surface area contributed by atoms with E-state index < -0.39 is 23.5 Å². The highest BCUT2D eigenvalue weighted by Gasteiger charge is 2.32. The molecular formula is C16H23N5O3. The van der Waals surface area contributed by atoms with Crippen LogP contribution in [0.2, 0.25) is 0 Å². The van der Waals surface area contributed by atoms with Crippen LogP contribution in [-0.2, 0) is 14.3 Å². The van der Waals surface area contributed by atoms with Crippen LogP contribution >= 0.6 is 0 Å². The summed E-state index contributed by atoms with van der Waals surface area (Å²) >= 11 is 0. The molecule has 2 N–H and O–H groups in total. The quantitative estimate of drug-likeness (QED) is 0.688. The summed E-state index contributed by atoms with van der Waals surface area (Å²) in [4.78, 5) is 31.8. The van der Waals surface area contributed by atoms with Crippen molar-refractivity contribution in [2.75, 3.05) is 11.9 Å². The molecule has 0 fully saturated rings. The number of hydrogen-bond acceptors (Lipinski definition) is 7. The molecule has 1 rings (SSSR count). The molecule has 1 aromatic heterocycles. The van der Waals surface area contributed by atoms with E-state index in [1.807, 2.05) is 13.8 Å². The molecule has 1 aromatic rings. The number of amides is 1. The molecule has 0 bridgehead atoms. The number of esters is 1. The molecule has 8 heteroatoms. The van der Waals surface area contributed by atoms with Gasteiger partial charge in [-0.15, -0.1) is 0 Å². The summed E-state index contributed by atoms with van der Waals surface area (Å²) in [5.74, 6) is -0.688. The highest BCUT2D eigenvalue weighted by Crippen LogP contribution is 2.15. The topological polar surface area (TPSA) is 117 Å². The first-order chi connectivity index (χ1) is 11.3. The number of carbonyl (C=O) groups is 2. The minimum absolute atomic E-state index is 0.0651. The van der Waals surface area contributed by atoms with Crippen LogP contribution in [0, 0.1) is 17.2 Å². The van der Waals surface area contributed by atoms with Crippen molar-refractivity contribution in [1.29, 1.82) is 5.26 Å². The molecule has 2 atom stereocenters. The number of ether oxygens (including phenoxy) is 1. The molecule has 24 heavy (non-hydrogen) atoms. The second-order valence-electron chi connectivity index (χ2n) is 5.84. The van der Waals surface area contributed by atoms with Crippen molar-refractivity contribution >= 4 is 17.8 Å². The molecule has 1 amide bonds. The van der Waals surface area contributed by atoms with Crippen molar-refractivity contribution < 1.29 is 14.3 Å². The van der Waals surface area contributed by atoms with Gasteiger partial charge < -0.3 is 15.4 Å². The van der Waals surface area contributed by atoms with Gasteiger partial charge in [0.15, 0.2) is 6.10 Å². The third-order valence-corrected chi connectivity index (χ3v) is 3.63. The summed E-state index contributed by atoms with van der Waals surface area (Å²) in [6.07, 6.45) is 2.26. The van der Waals surface area contributed by atoms with Crippen molar-refractivity contribution in [3.8, 4) is 6.07 Å². The lowest BCUT2D eigenvalue weighted by Gasteiger charge is -2.28. The average molecular weight is 333 g/mol. The minimum atomic E-state index is -1.01. The van der Waals surface area contributed by atoms with E-state index in [2.05, 4.69) is 26.7 Å². The number of carbonyl (C=O) groups excluding carboxylic acids is 2. The number of anilines is 1. The molecular weight excluding hydrogens is 310 g/mol. The lowest BCUT2D eigenvalue weighted by atomic mass is 9.90. The number of aromatic nitrogens is 2. The number of nitrogens with one attached hydrogen (secondary N) is 2. The van der Waals surface area contributed by atoms with Crippen molar-refractivity contribution in [3.05, 3.63) is 18.5 Å². The molecule has 0 saturated heterocycles. The summed E-state index contributed by atoms with van der Waals surface area (Å²) in [7, 11) is 0. The molecule has 0 spiro atoms. The number of rotatable bonds is 8. The predicted molar refractivity (Wildman–Crippen MR) is 87.7 cm³/mol. The zero-order valence-electron chi connectivity index (χ0n) is 14.4. The van der Waals surface area contributed by atoms with Crippen LogP contribution in [-0.4, -0.2) is 40.0 Å². The first-order valence-corrected chi connectivity index (χ1v) is 7.72. The van der Waals surface area contributed by atoms with Gasteiger partial charge in [-0.1, -0.05) is 13.8 Å². The Morgan fingerprint density at radius 3 is 2.50 bits per heavy atom. The van der Waals surface area contributed by atoms with Gasteiger partial charge in [-0.25, -0.2) is 9.97 Å². The van der Waals surface area contributed by atoms with E-state index in [9.17, 15) is 14.9 Å². The highest BCUT2D eigenvalue weighted by atomic mass is 16.5. The first-order valence-electron chi connectivity index (χ1n) is 7.72. The zero-order valence-corrected chi connectivity index (χ0v) is 14.4. The van der Waals surface area contributed by atoms with Gasteiger partial charge in [-0.2, -0.15) is 5.26 Å². The Morgan fingerprint density at radius 2 is 1.96 bits per heavy atom. The molecule has 2 unspecified atom stereocenters. The van der Waals surface area contributed by atoms with E-state index in [0.717, 1.165) is 0 Å². The molecule has 0 aliphatic carbocycles. The summed E-state index contributed by atoms with van der Waals surface area (Å²) < 4.78 is 5.08. The third-order valence-electron chi connectivity index (χ3n) is 3.63. The van der Waals surface area contributed by atoms with E-state index in [1.54, 1.807) is 25.4 Å². The van der Waals surface area contributed by atoms with Crippen LogP contribution in [0.4, 0.5) is 5.95 Å². The van der Waals surface area contributed by atoms with E-state index in [0.29, 0.717) is 12.5 Å². The maximum atomic E-state index is 12.1. The maximum Gasteiger partial charge on any atom is 0.308 e. The van der Waals surface area contributed by atoms with Gasteiger partial charge in [0.1, 0.15) is 5.54 Å². The Labute approximate surface area is 141 Å². The van der Waals surface area contributed by atoms with E-state index in [1.165, 1.54) is 6.92 Å². The van der Waals surface area contributed by atoms with Crippen LogP contribution in [0.15, 0.2) is 18.5 Å². The van der Waals surface area contributed by atoms with E-state index in [-0.39, 0.29) is 12.3 Å². The Kier molecular flexibility index (Phi) is 7.11. The number of nitriles is 1. The fraction of sp³-hybridized carbons (Fsp3) is 0.562. The van der Waals surface area contributed by atoms with Crippen LogP contribution in [0.5, 0.6) is 0 Å². The highest BCUT2D eigenvalue weighted by molar-refractivity contribution is 5.84. The van der Waals surface area contributed by atoms with Gasteiger partial charge in [0.05, 0.1) is 12.5 Å². The summed E-state index contributed by atoms with van der Waals surface area (Å²) in [5, 5.41) is 14.7. The van der Waals surface area contributed by atoms with E-state index in [4.69, 9.17) is 4.74 Å². The average Bonchev–Trinajstić information content (AvgIpc) is 2.55. The Morgan fingerprint density at radius 1 is 1.33 bits per heavy atom. The third kappa shape index (κ3) is 5.83. The molecule has 0 saturated carbocycles. The van der Waals surface area contributed by atoms with Crippen molar-refractivity contribution in [2.24, 2.45) is 5.92 Å². The van der Waals surface area contributed by atoms with Crippen LogP contribution in [0.1, 0.15) is 34.1 Å². The first kappa shape index (κ1) is 19.4. The Balaban J connectivity index is 2.40. The zero-order chi connectivity index (χ0) is 18.2.